The lowest BCUT2D eigenvalue weighted by Gasteiger charge is -2.11. The number of nitrogens with one attached hydrogen (secondary N) is 1. The van der Waals surface area contributed by atoms with E-state index in [0.29, 0.717) is 6.42 Å². The Kier molecular flexibility index (Phi) is 3.37. The van der Waals surface area contributed by atoms with Crippen LogP contribution in [0.15, 0.2) is 18.2 Å². The molecule has 0 saturated heterocycles. The number of hydrogen-bond donors (Lipinski definition) is 1. The normalized spacial score (nSPS) is 12.9. The molecule has 0 aliphatic rings. The van der Waals surface area contributed by atoms with Crippen LogP contribution in [-0.2, 0) is 6.42 Å². The molecule has 13 heavy (non-hydrogen) atoms. The first-order valence-corrected chi connectivity index (χ1v) is 4.25. The van der Waals surface area contributed by atoms with Gasteiger partial charge < -0.3 is 5.32 Å². The summed E-state index contributed by atoms with van der Waals surface area (Å²) in [5.41, 5.74) is 0.157. The average Bonchev–Trinajstić information content (AvgIpc) is 2.11. The summed E-state index contributed by atoms with van der Waals surface area (Å²) in [6.07, 6.45) is 0.370. The lowest BCUT2D eigenvalue weighted by molar-refractivity contribution is 0.522. The van der Waals surface area contributed by atoms with E-state index in [0.717, 1.165) is 0 Å². The van der Waals surface area contributed by atoms with Gasteiger partial charge in [-0.3, -0.25) is 0 Å². The minimum Gasteiger partial charge on any atom is -0.317 e. The summed E-state index contributed by atoms with van der Waals surface area (Å²) < 4.78 is 26.2. The van der Waals surface area contributed by atoms with Gasteiger partial charge in [-0.15, -0.1) is 0 Å². The number of rotatable bonds is 3. The van der Waals surface area contributed by atoms with Crippen molar-refractivity contribution in [2.45, 2.75) is 19.4 Å². The molecule has 0 bridgehead atoms. The standard InChI is InChI=1S/C10H13F2N/c1-7(13-2)6-8-9(11)4-3-5-10(8)12/h3-5,7,13H,6H2,1-2H3/t7-/m0/s1. The quantitative estimate of drug-likeness (QED) is 0.760. The van der Waals surface area contributed by atoms with Gasteiger partial charge in [0.1, 0.15) is 11.6 Å². The third-order valence-corrected chi connectivity index (χ3v) is 2.06. The first-order chi connectivity index (χ1) is 6.15. The largest absolute Gasteiger partial charge is 0.317 e. The molecule has 0 spiro atoms. The number of hydrogen-bond acceptors (Lipinski definition) is 1. The third kappa shape index (κ3) is 2.49. The van der Waals surface area contributed by atoms with Crippen molar-refractivity contribution in [3.63, 3.8) is 0 Å². The van der Waals surface area contributed by atoms with Crippen molar-refractivity contribution in [3.05, 3.63) is 35.4 Å². The van der Waals surface area contributed by atoms with E-state index in [2.05, 4.69) is 5.32 Å². The van der Waals surface area contributed by atoms with Crippen molar-refractivity contribution in [3.8, 4) is 0 Å². The maximum atomic E-state index is 13.1. The number of halogens is 2. The molecule has 1 rings (SSSR count). The zero-order chi connectivity index (χ0) is 9.84. The summed E-state index contributed by atoms with van der Waals surface area (Å²) in [6.45, 7) is 1.88. The van der Waals surface area contributed by atoms with Gasteiger partial charge in [0.2, 0.25) is 0 Å². The van der Waals surface area contributed by atoms with Crippen molar-refractivity contribution in [2.24, 2.45) is 0 Å². The molecule has 0 heterocycles. The van der Waals surface area contributed by atoms with Crippen LogP contribution in [0.1, 0.15) is 12.5 Å². The first kappa shape index (κ1) is 10.1. The van der Waals surface area contributed by atoms with E-state index >= 15 is 0 Å². The van der Waals surface area contributed by atoms with Gasteiger partial charge in [0.25, 0.3) is 0 Å². The van der Waals surface area contributed by atoms with E-state index in [1.807, 2.05) is 6.92 Å². The summed E-state index contributed by atoms with van der Waals surface area (Å²) in [4.78, 5) is 0. The van der Waals surface area contributed by atoms with E-state index < -0.39 is 11.6 Å². The second-order valence-corrected chi connectivity index (χ2v) is 3.09. The Morgan fingerprint density at radius 3 is 2.31 bits per heavy atom. The van der Waals surface area contributed by atoms with Crippen LogP contribution in [0.4, 0.5) is 8.78 Å². The van der Waals surface area contributed by atoms with Crippen LogP contribution in [0.25, 0.3) is 0 Å². The Hall–Kier alpha value is -0.960. The second-order valence-electron chi connectivity index (χ2n) is 3.09. The molecule has 72 valence electrons. The van der Waals surface area contributed by atoms with Gasteiger partial charge in [-0.2, -0.15) is 0 Å². The molecule has 0 saturated carbocycles. The highest BCUT2D eigenvalue weighted by Crippen LogP contribution is 2.13. The maximum absolute atomic E-state index is 13.1. The van der Waals surface area contributed by atoms with Crippen LogP contribution < -0.4 is 5.32 Å². The zero-order valence-corrected chi connectivity index (χ0v) is 7.77. The minimum absolute atomic E-state index is 0.0754. The van der Waals surface area contributed by atoms with E-state index in [-0.39, 0.29) is 11.6 Å². The van der Waals surface area contributed by atoms with Gasteiger partial charge in [-0.1, -0.05) is 6.07 Å². The van der Waals surface area contributed by atoms with Crippen LogP contribution in [-0.4, -0.2) is 13.1 Å². The van der Waals surface area contributed by atoms with Crippen LogP contribution >= 0.6 is 0 Å². The number of likely N-dealkylation sites (N-methyl/N-ethyl adjacent to an activating group) is 1. The Balaban J connectivity index is 2.87. The fourth-order valence-electron chi connectivity index (χ4n) is 1.14. The SMILES string of the molecule is CN[C@@H](C)Cc1c(F)cccc1F. The smallest absolute Gasteiger partial charge is 0.129 e. The highest BCUT2D eigenvalue weighted by atomic mass is 19.1. The molecule has 1 nitrogen and oxygen atoms in total. The Bertz CT molecular complexity index is 266. The molecule has 0 amide bonds. The van der Waals surface area contributed by atoms with Crippen LogP contribution in [0, 0.1) is 11.6 Å². The summed E-state index contributed by atoms with van der Waals surface area (Å²) in [7, 11) is 1.77. The predicted molar refractivity (Wildman–Crippen MR) is 48.6 cm³/mol. The molecule has 0 radical (unpaired) electrons. The summed E-state index contributed by atoms with van der Waals surface area (Å²) in [5.74, 6) is -0.941. The Labute approximate surface area is 76.8 Å². The molecule has 1 aromatic rings. The van der Waals surface area contributed by atoms with Gasteiger partial charge in [0, 0.05) is 11.6 Å². The fourth-order valence-corrected chi connectivity index (χ4v) is 1.14. The molecule has 0 fully saturated rings. The summed E-state index contributed by atoms with van der Waals surface area (Å²) >= 11 is 0. The first-order valence-electron chi connectivity index (χ1n) is 4.25. The van der Waals surface area contributed by atoms with Crippen molar-refractivity contribution in [1.29, 1.82) is 0 Å². The monoisotopic (exact) mass is 185 g/mol. The molecule has 1 atom stereocenters. The lowest BCUT2D eigenvalue weighted by Crippen LogP contribution is -2.24. The molecular weight excluding hydrogens is 172 g/mol. The van der Waals surface area contributed by atoms with Gasteiger partial charge in [-0.05, 0) is 32.5 Å². The molecule has 1 aromatic carbocycles. The molecule has 0 unspecified atom stereocenters. The molecular formula is C10H13F2N. The molecule has 1 N–H and O–H groups in total. The summed E-state index contributed by atoms with van der Waals surface area (Å²) in [6, 6.07) is 4.01. The van der Waals surface area contributed by atoms with Crippen LogP contribution in [0.5, 0.6) is 0 Å². The third-order valence-electron chi connectivity index (χ3n) is 2.06. The number of benzene rings is 1. The van der Waals surface area contributed by atoms with Crippen molar-refractivity contribution in [1.82, 2.24) is 5.32 Å². The zero-order valence-electron chi connectivity index (χ0n) is 7.77. The van der Waals surface area contributed by atoms with Crippen molar-refractivity contribution >= 4 is 0 Å². The topological polar surface area (TPSA) is 12.0 Å². The minimum atomic E-state index is -0.470. The lowest BCUT2D eigenvalue weighted by atomic mass is 10.1. The Morgan fingerprint density at radius 2 is 1.85 bits per heavy atom. The van der Waals surface area contributed by atoms with Gasteiger partial charge in [0.15, 0.2) is 0 Å². The van der Waals surface area contributed by atoms with Gasteiger partial charge >= 0.3 is 0 Å². The van der Waals surface area contributed by atoms with Crippen molar-refractivity contribution in [2.75, 3.05) is 7.05 Å². The van der Waals surface area contributed by atoms with Crippen LogP contribution in [0.2, 0.25) is 0 Å². The Morgan fingerprint density at radius 1 is 1.31 bits per heavy atom. The fraction of sp³-hybridized carbons (Fsp3) is 0.400. The summed E-state index contributed by atoms with van der Waals surface area (Å²) in [5, 5.41) is 2.93. The van der Waals surface area contributed by atoms with Crippen molar-refractivity contribution < 1.29 is 8.78 Å². The van der Waals surface area contributed by atoms with E-state index in [9.17, 15) is 8.78 Å². The second kappa shape index (κ2) is 4.33. The van der Waals surface area contributed by atoms with Gasteiger partial charge in [0.05, 0.1) is 0 Å². The highest BCUT2D eigenvalue weighted by Gasteiger charge is 2.10. The average molecular weight is 185 g/mol. The van der Waals surface area contributed by atoms with E-state index in [1.165, 1.54) is 18.2 Å². The van der Waals surface area contributed by atoms with E-state index in [4.69, 9.17) is 0 Å². The van der Waals surface area contributed by atoms with Crippen LogP contribution in [0.3, 0.4) is 0 Å². The maximum Gasteiger partial charge on any atom is 0.129 e. The molecule has 0 aliphatic carbocycles. The molecule has 0 aliphatic heterocycles. The predicted octanol–water partition coefficient (Wildman–Crippen LogP) is 2.12. The molecule has 0 aromatic heterocycles. The van der Waals surface area contributed by atoms with Gasteiger partial charge in [-0.25, -0.2) is 8.78 Å². The molecule has 3 heteroatoms. The highest BCUT2D eigenvalue weighted by molar-refractivity contribution is 5.20. The van der Waals surface area contributed by atoms with E-state index in [1.54, 1.807) is 7.05 Å².